The number of aliphatic hydroxyl groups is 2. The minimum Gasteiger partial charge on any atom is -0.462 e. The fourth-order valence-corrected chi connectivity index (χ4v) is 7.25. The summed E-state index contributed by atoms with van der Waals surface area (Å²) < 4.78 is 24.2. The van der Waals surface area contributed by atoms with Crippen LogP contribution in [0.1, 0.15) is 114 Å². The number of Topliss-reactive ketones (excluding diaryl/α,β-unsaturated/α-hetero) is 2. The highest BCUT2D eigenvalue weighted by Gasteiger charge is 2.41. The summed E-state index contributed by atoms with van der Waals surface area (Å²) in [4.78, 5) is 39.2. The molecule has 12 atom stereocenters. The average Bonchev–Trinajstić information content (AvgIpc) is 2.92. The summed E-state index contributed by atoms with van der Waals surface area (Å²) in [5.41, 5.74) is -1.52. The van der Waals surface area contributed by atoms with Crippen molar-refractivity contribution in [2.45, 2.75) is 144 Å². The Morgan fingerprint density at radius 1 is 1.00 bits per heavy atom. The van der Waals surface area contributed by atoms with Gasteiger partial charge in [0, 0.05) is 31.3 Å². The molecule has 0 aromatic heterocycles. The van der Waals surface area contributed by atoms with Gasteiger partial charge in [0.15, 0.2) is 12.1 Å². The number of carbonyl (C=O) groups excluding carboxylic acids is 3. The van der Waals surface area contributed by atoms with E-state index in [1.807, 2.05) is 41.5 Å². The summed E-state index contributed by atoms with van der Waals surface area (Å²) in [5, 5.41) is 20.9. The summed E-state index contributed by atoms with van der Waals surface area (Å²) in [6, 6.07) is 0. The van der Waals surface area contributed by atoms with Gasteiger partial charge in [0.05, 0.1) is 31.3 Å². The zero-order chi connectivity index (χ0) is 33.2. The predicted octanol–water partition coefficient (Wildman–Crippen LogP) is 5.51. The van der Waals surface area contributed by atoms with Crippen LogP contribution in [0.3, 0.4) is 0 Å². The fraction of sp³-hybridized carbons (Fsp3) is 0.914. The molecule has 0 aromatic carbocycles. The number of ether oxygens (including phenoxy) is 4. The number of cyclic esters (lactones) is 1. The molecule has 2 aliphatic rings. The molecule has 2 heterocycles. The Morgan fingerprint density at radius 3 is 2.30 bits per heavy atom. The maximum absolute atomic E-state index is 13.6. The lowest BCUT2D eigenvalue weighted by Crippen LogP contribution is -2.44. The first-order valence-electron chi connectivity index (χ1n) is 17.0. The molecule has 0 amide bonds. The van der Waals surface area contributed by atoms with Crippen LogP contribution in [0.4, 0.5) is 0 Å². The lowest BCUT2D eigenvalue weighted by Gasteiger charge is -2.38. The van der Waals surface area contributed by atoms with Crippen molar-refractivity contribution in [1.29, 1.82) is 0 Å². The van der Waals surface area contributed by atoms with Crippen LogP contribution < -0.4 is 0 Å². The lowest BCUT2D eigenvalue weighted by atomic mass is 9.72. The second kappa shape index (κ2) is 18.1. The summed E-state index contributed by atoms with van der Waals surface area (Å²) >= 11 is 0. The molecular weight excluding hydrogens is 564 g/mol. The van der Waals surface area contributed by atoms with Crippen LogP contribution in [-0.2, 0) is 33.3 Å². The first kappa shape index (κ1) is 38.8. The van der Waals surface area contributed by atoms with Crippen LogP contribution in [0.2, 0.25) is 0 Å². The Labute approximate surface area is 266 Å². The number of hydrogen-bond acceptors (Lipinski definition) is 9. The Balaban J connectivity index is 2.21. The van der Waals surface area contributed by atoms with Crippen molar-refractivity contribution in [3.63, 3.8) is 0 Å². The molecule has 2 N–H and O–H groups in total. The van der Waals surface area contributed by atoms with Gasteiger partial charge in [-0.15, -0.1) is 0 Å². The maximum atomic E-state index is 13.6. The van der Waals surface area contributed by atoms with E-state index in [1.54, 1.807) is 13.8 Å². The van der Waals surface area contributed by atoms with Gasteiger partial charge >= 0.3 is 5.97 Å². The summed E-state index contributed by atoms with van der Waals surface area (Å²) in [6.07, 6.45) is 3.29. The van der Waals surface area contributed by atoms with Gasteiger partial charge in [-0.25, -0.2) is 0 Å². The molecule has 9 nitrogen and oxygen atoms in total. The molecule has 2 rings (SSSR count). The van der Waals surface area contributed by atoms with E-state index in [0.717, 1.165) is 19.3 Å². The SMILES string of the molecule is CC(O)CC(=O)CCOC[C@@H]1[C@@H](C)CC(C)C(=O)OC([C@H](C)COC2CCCC(C)O2)[C@H](C)CC(C)C(=O)[C@@](C)(O)C[C@@H]1C. The second-order valence-corrected chi connectivity index (χ2v) is 14.6. The molecular formula is C35H62O9. The van der Waals surface area contributed by atoms with E-state index in [-0.39, 0.29) is 91.3 Å². The summed E-state index contributed by atoms with van der Waals surface area (Å²) in [5.74, 6) is -1.69. The second-order valence-electron chi connectivity index (χ2n) is 14.6. The minimum atomic E-state index is -1.52. The lowest BCUT2D eigenvalue weighted by molar-refractivity contribution is -0.201. The van der Waals surface area contributed by atoms with Crippen molar-refractivity contribution in [2.75, 3.05) is 19.8 Å². The third-order valence-corrected chi connectivity index (χ3v) is 9.72. The van der Waals surface area contributed by atoms with Crippen LogP contribution in [-0.4, -0.2) is 77.8 Å². The van der Waals surface area contributed by atoms with Crippen molar-refractivity contribution in [1.82, 2.24) is 0 Å². The monoisotopic (exact) mass is 626 g/mol. The van der Waals surface area contributed by atoms with Gasteiger partial charge in [0.2, 0.25) is 0 Å². The third-order valence-electron chi connectivity index (χ3n) is 9.72. The van der Waals surface area contributed by atoms with Gasteiger partial charge < -0.3 is 29.2 Å². The van der Waals surface area contributed by atoms with Crippen LogP contribution in [0.15, 0.2) is 0 Å². The van der Waals surface area contributed by atoms with Crippen LogP contribution >= 0.6 is 0 Å². The highest BCUT2D eigenvalue weighted by atomic mass is 16.7. The van der Waals surface area contributed by atoms with Crippen LogP contribution in [0, 0.1) is 41.4 Å². The van der Waals surface area contributed by atoms with E-state index in [4.69, 9.17) is 18.9 Å². The number of carbonyl (C=O) groups is 3. The van der Waals surface area contributed by atoms with E-state index >= 15 is 0 Å². The number of hydrogen-bond donors (Lipinski definition) is 2. The number of aliphatic hydroxyl groups excluding tert-OH is 1. The highest BCUT2D eigenvalue weighted by molar-refractivity contribution is 5.88. The van der Waals surface area contributed by atoms with Crippen molar-refractivity contribution < 1.29 is 43.5 Å². The largest absolute Gasteiger partial charge is 0.462 e. The zero-order valence-corrected chi connectivity index (χ0v) is 28.9. The Hall–Kier alpha value is -1.39. The number of ketones is 2. The van der Waals surface area contributed by atoms with Crippen LogP contribution in [0.25, 0.3) is 0 Å². The van der Waals surface area contributed by atoms with E-state index in [0.29, 0.717) is 26.1 Å². The van der Waals surface area contributed by atoms with Crippen molar-refractivity contribution in [3.8, 4) is 0 Å². The van der Waals surface area contributed by atoms with Gasteiger partial charge in [-0.1, -0.05) is 41.5 Å². The number of esters is 1. The third kappa shape index (κ3) is 12.4. The van der Waals surface area contributed by atoms with Gasteiger partial charge in [0.25, 0.3) is 0 Å². The molecule has 0 spiro atoms. The van der Waals surface area contributed by atoms with Gasteiger partial charge in [0.1, 0.15) is 17.5 Å². The summed E-state index contributed by atoms with van der Waals surface area (Å²) in [6.45, 7) is 18.0. The predicted molar refractivity (Wildman–Crippen MR) is 169 cm³/mol. The van der Waals surface area contributed by atoms with E-state index in [9.17, 15) is 24.6 Å². The van der Waals surface area contributed by atoms with Crippen molar-refractivity contribution in [3.05, 3.63) is 0 Å². The van der Waals surface area contributed by atoms with Crippen LogP contribution in [0.5, 0.6) is 0 Å². The Morgan fingerprint density at radius 2 is 1.66 bits per heavy atom. The normalized spacial score (nSPS) is 37.9. The summed E-state index contributed by atoms with van der Waals surface area (Å²) in [7, 11) is 0. The average molecular weight is 627 g/mol. The standard InChI is InChI=1S/C35H62O9/c1-21-15-24(4)34(39)44-32(26(6)19-42-31-12-10-11-28(8)43-31)22(2)16-23(3)33(38)35(9,40)18-25(5)30(21)20-41-14-13-29(37)17-27(7)36/h21-28,30-32,36,40H,10-20H2,1-9H3/t21-,22+,23?,24?,25-,26+,27?,28?,30+,31?,32?,35-/m0/s1. The molecule has 0 bridgehead atoms. The van der Waals surface area contributed by atoms with E-state index in [1.165, 1.54) is 0 Å². The molecule has 44 heavy (non-hydrogen) atoms. The molecule has 0 radical (unpaired) electrons. The molecule has 0 aromatic rings. The quantitative estimate of drug-likeness (QED) is 0.225. The van der Waals surface area contributed by atoms with Crippen molar-refractivity contribution in [2.24, 2.45) is 41.4 Å². The molecule has 256 valence electrons. The van der Waals surface area contributed by atoms with Gasteiger partial charge in [-0.3, -0.25) is 14.4 Å². The topological polar surface area (TPSA) is 129 Å². The molecule has 9 heteroatoms. The first-order chi connectivity index (χ1) is 20.5. The minimum absolute atomic E-state index is 0.0223. The molecule has 0 aliphatic carbocycles. The van der Waals surface area contributed by atoms with E-state index in [2.05, 4.69) is 6.92 Å². The first-order valence-corrected chi connectivity index (χ1v) is 17.0. The molecule has 0 saturated carbocycles. The number of rotatable bonds is 11. The maximum Gasteiger partial charge on any atom is 0.308 e. The smallest absolute Gasteiger partial charge is 0.308 e. The Kier molecular flexibility index (Phi) is 15.9. The van der Waals surface area contributed by atoms with Crippen molar-refractivity contribution >= 4 is 17.5 Å². The molecule has 2 saturated heterocycles. The van der Waals surface area contributed by atoms with E-state index < -0.39 is 23.7 Å². The Bertz CT molecular complexity index is 903. The molecule has 6 unspecified atom stereocenters. The van der Waals surface area contributed by atoms with Gasteiger partial charge in [-0.05, 0) is 83.0 Å². The van der Waals surface area contributed by atoms with Gasteiger partial charge in [-0.2, -0.15) is 0 Å². The highest BCUT2D eigenvalue weighted by Crippen LogP contribution is 2.36. The molecule has 2 aliphatic heterocycles. The molecule has 2 fully saturated rings. The zero-order valence-electron chi connectivity index (χ0n) is 28.9. The fourth-order valence-electron chi connectivity index (χ4n) is 7.25.